The molecule has 1 heterocycles. The number of thiazole rings is 1. The molecular weight excluding hydrogens is 258 g/mol. The number of carbonyl (C=O) groups is 1. The molecule has 1 aromatic heterocycles. The van der Waals surface area contributed by atoms with Crippen molar-refractivity contribution in [2.24, 2.45) is 0 Å². The minimum absolute atomic E-state index is 0.0566. The standard InChI is InChI=1S/C14H25N3OS/c1-6-7-9(2)16-13(18)11(4)17-12(5)14-15-8-10(3)19-14/h8-9,11-12,17H,6-7H2,1-5H3,(H,16,18). The largest absolute Gasteiger partial charge is 0.352 e. The number of hydrogen-bond donors (Lipinski definition) is 2. The van der Waals surface area contributed by atoms with Gasteiger partial charge in [-0.1, -0.05) is 13.3 Å². The van der Waals surface area contributed by atoms with Crippen LogP contribution in [0.5, 0.6) is 0 Å². The molecule has 1 aromatic rings. The van der Waals surface area contributed by atoms with E-state index in [0.717, 1.165) is 17.8 Å². The molecule has 0 aromatic carbocycles. The number of carbonyl (C=O) groups excluding carboxylic acids is 1. The predicted octanol–water partition coefficient (Wildman–Crippen LogP) is 2.80. The number of hydrogen-bond acceptors (Lipinski definition) is 4. The third-order valence-corrected chi connectivity index (χ3v) is 4.11. The summed E-state index contributed by atoms with van der Waals surface area (Å²) in [4.78, 5) is 17.5. The van der Waals surface area contributed by atoms with E-state index in [1.54, 1.807) is 11.3 Å². The van der Waals surface area contributed by atoms with Crippen molar-refractivity contribution in [2.75, 3.05) is 0 Å². The van der Waals surface area contributed by atoms with Gasteiger partial charge in [0.2, 0.25) is 5.91 Å². The summed E-state index contributed by atoms with van der Waals surface area (Å²) in [5.41, 5.74) is 0. The summed E-state index contributed by atoms with van der Waals surface area (Å²) in [5, 5.41) is 7.34. The lowest BCUT2D eigenvalue weighted by molar-refractivity contribution is -0.123. The van der Waals surface area contributed by atoms with E-state index in [-0.39, 0.29) is 24.0 Å². The number of aryl methyl sites for hydroxylation is 1. The Bertz CT molecular complexity index is 405. The zero-order valence-corrected chi connectivity index (χ0v) is 13.3. The molecule has 0 spiro atoms. The molecule has 1 amide bonds. The van der Waals surface area contributed by atoms with Crippen LogP contribution >= 0.6 is 11.3 Å². The Morgan fingerprint density at radius 1 is 1.42 bits per heavy atom. The highest BCUT2D eigenvalue weighted by molar-refractivity contribution is 7.11. The van der Waals surface area contributed by atoms with Gasteiger partial charge in [0, 0.05) is 17.1 Å². The van der Waals surface area contributed by atoms with Crippen molar-refractivity contribution in [3.63, 3.8) is 0 Å². The molecule has 19 heavy (non-hydrogen) atoms. The molecular formula is C14H25N3OS. The van der Waals surface area contributed by atoms with Crippen LogP contribution in [-0.2, 0) is 4.79 Å². The first-order valence-corrected chi connectivity index (χ1v) is 7.74. The lowest BCUT2D eigenvalue weighted by Gasteiger charge is -2.20. The van der Waals surface area contributed by atoms with Gasteiger partial charge >= 0.3 is 0 Å². The van der Waals surface area contributed by atoms with Crippen molar-refractivity contribution in [3.05, 3.63) is 16.1 Å². The maximum absolute atomic E-state index is 12.0. The van der Waals surface area contributed by atoms with E-state index >= 15 is 0 Å². The lowest BCUT2D eigenvalue weighted by Crippen LogP contribution is -2.46. The van der Waals surface area contributed by atoms with Crippen molar-refractivity contribution < 1.29 is 4.79 Å². The van der Waals surface area contributed by atoms with Gasteiger partial charge in [0.25, 0.3) is 0 Å². The molecule has 3 atom stereocenters. The van der Waals surface area contributed by atoms with Crippen LogP contribution in [0.15, 0.2) is 6.20 Å². The van der Waals surface area contributed by atoms with Gasteiger partial charge in [0.05, 0.1) is 12.1 Å². The minimum Gasteiger partial charge on any atom is -0.352 e. The van der Waals surface area contributed by atoms with E-state index in [0.29, 0.717) is 0 Å². The van der Waals surface area contributed by atoms with Crippen molar-refractivity contribution in [1.29, 1.82) is 0 Å². The summed E-state index contributed by atoms with van der Waals surface area (Å²) in [6.07, 6.45) is 3.96. The Labute approximate surface area is 120 Å². The summed E-state index contributed by atoms with van der Waals surface area (Å²) >= 11 is 1.67. The smallest absolute Gasteiger partial charge is 0.237 e. The average Bonchev–Trinajstić information content (AvgIpc) is 2.76. The van der Waals surface area contributed by atoms with Gasteiger partial charge in [0.1, 0.15) is 5.01 Å². The Morgan fingerprint density at radius 3 is 2.63 bits per heavy atom. The maximum atomic E-state index is 12.0. The fourth-order valence-corrected chi connectivity index (χ4v) is 2.75. The van der Waals surface area contributed by atoms with Crippen molar-refractivity contribution in [1.82, 2.24) is 15.6 Å². The van der Waals surface area contributed by atoms with Crippen LogP contribution in [-0.4, -0.2) is 23.0 Å². The molecule has 0 aliphatic heterocycles. The molecule has 108 valence electrons. The molecule has 4 nitrogen and oxygen atoms in total. The van der Waals surface area contributed by atoms with Gasteiger partial charge in [-0.3, -0.25) is 10.1 Å². The van der Waals surface area contributed by atoms with E-state index in [1.807, 2.05) is 33.9 Å². The molecule has 0 saturated heterocycles. The molecule has 0 bridgehead atoms. The molecule has 0 aliphatic carbocycles. The van der Waals surface area contributed by atoms with E-state index in [1.165, 1.54) is 4.88 Å². The molecule has 0 aliphatic rings. The third-order valence-electron chi connectivity index (χ3n) is 3.01. The molecule has 0 radical (unpaired) electrons. The normalized spacial score (nSPS) is 15.8. The maximum Gasteiger partial charge on any atom is 0.237 e. The second kappa shape index (κ2) is 7.60. The van der Waals surface area contributed by atoms with E-state index in [4.69, 9.17) is 0 Å². The number of amides is 1. The highest BCUT2D eigenvalue weighted by Crippen LogP contribution is 2.19. The van der Waals surface area contributed by atoms with Crippen LogP contribution in [0.4, 0.5) is 0 Å². The topological polar surface area (TPSA) is 54.0 Å². The number of nitrogens with zero attached hydrogens (tertiary/aromatic N) is 1. The Kier molecular flexibility index (Phi) is 6.45. The third kappa shape index (κ3) is 5.28. The van der Waals surface area contributed by atoms with Crippen molar-refractivity contribution >= 4 is 17.2 Å². The van der Waals surface area contributed by atoms with Crippen LogP contribution in [0, 0.1) is 6.92 Å². The molecule has 0 fully saturated rings. The Hall–Kier alpha value is -0.940. The van der Waals surface area contributed by atoms with Crippen LogP contribution < -0.4 is 10.6 Å². The second-order valence-corrected chi connectivity index (χ2v) is 6.38. The van der Waals surface area contributed by atoms with Crippen LogP contribution in [0.2, 0.25) is 0 Å². The van der Waals surface area contributed by atoms with Gasteiger partial charge in [0.15, 0.2) is 0 Å². The Balaban J connectivity index is 2.45. The summed E-state index contributed by atoms with van der Waals surface area (Å²) < 4.78 is 0. The lowest BCUT2D eigenvalue weighted by atomic mass is 10.2. The number of rotatable bonds is 7. The van der Waals surface area contributed by atoms with Gasteiger partial charge in [-0.25, -0.2) is 4.98 Å². The van der Waals surface area contributed by atoms with E-state index in [9.17, 15) is 4.79 Å². The first-order chi connectivity index (χ1) is 8.93. The fraction of sp³-hybridized carbons (Fsp3) is 0.714. The monoisotopic (exact) mass is 283 g/mol. The predicted molar refractivity (Wildman–Crippen MR) is 80.4 cm³/mol. The van der Waals surface area contributed by atoms with Crippen LogP contribution in [0.3, 0.4) is 0 Å². The summed E-state index contributed by atoms with van der Waals surface area (Å²) in [6.45, 7) is 10.1. The highest BCUT2D eigenvalue weighted by atomic mass is 32.1. The zero-order chi connectivity index (χ0) is 14.4. The summed E-state index contributed by atoms with van der Waals surface area (Å²) in [5.74, 6) is 0.0566. The van der Waals surface area contributed by atoms with Crippen molar-refractivity contribution in [3.8, 4) is 0 Å². The summed E-state index contributed by atoms with van der Waals surface area (Å²) in [6, 6.07) is 0.124. The van der Waals surface area contributed by atoms with Gasteiger partial charge in [-0.15, -0.1) is 11.3 Å². The average molecular weight is 283 g/mol. The van der Waals surface area contributed by atoms with E-state index in [2.05, 4.69) is 22.5 Å². The minimum atomic E-state index is -0.210. The molecule has 1 rings (SSSR count). The van der Waals surface area contributed by atoms with Crippen LogP contribution in [0.25, 0.3) is 0 Å². The number of aromatic nitrogens is 1. The molecule has 2 N–H and O–H groups in total. The van der Waals surface area contributed by atoms with Gasteiger partial charge in [-0.05, 0) is 34.1 Å². The van der Waals surface area contributed by atoms with Gasteiger partial charge in [-0.2, -0.15) is 0 Å². The first-order valence-electron chi connectivity index (χ1n) is 6.92. The molecule has 3 unspecified atom stereocenters. The number of nitrogens with one attached hydrogen (secondary N) is 2. The van der Waals surface area contributed by atoms with E-state index < -0.39 is 0 Å². The fourth-order valence-electron chi connectivity index (χ4n) is 1.97. The second-order valence-electron chi connectivity index (χ2n) is 5.12. The van der Waals surface area contributed by atoms with Crippen molar-refractivity contribution in [2.45, 2.75) is 65.6 Å². The molecule has 5 heteroatoms. The van der Waals surface area contributed by atoms with Crippen LogP contribution in [0.1, 0.15) is 56.5 Å². The van der Waals surface area contributed by atoms with Gasteiger partial charge < -0.3 is 5.32 Å². The first kappa shape index (κ1) is 16.1. The highest BCUT2D eigenvalue weighted by Gasteiger charge is 2.18. The quantitative estimate of drug-likeness (QED) is 0.809. The molecule has 0 saturated carbocycles. The Morgan fingerprint density at radius 2 is 2.11 bits per heavy atom. The zero-order valence-electron chi connectivity index (χ0n) is 12.5. The summed E-state index contributed by atoms with van der Waals surface area (Å²) in [7, 11) is 0. The SMILES string of the molecule is CCCC(C)NC(=O)C(C)NC(C)c1ncc(C)s1.